The van der Waals surface area contributed by atoms with E-state index in [-0.39, 0.29) is 17.7 Å². The minimum absolute atomic E-state index is 0.178. The third kappa shape index (κ3) is 5.25. The number of rotatable bonds is 4. The number of aliphatic hydroxyl groups excluding tert-OH is 1. The number of nitrogens with one attached hydrogen (secondary N) is 1. The smallest absolute Gasteiger partial charge is 0.234 e. The standard InChI is InChI=1S/C9H16Cl3NO2/c1-4-6(5(2)3)7(14)13-8(15)9(10,11)12/h5-6,8,15H,4H2,1-3H3,(H,13,14). The van der Waals surface area contributed by atoms with Gasteiger partial charge in [0.25, 0.3) is 0 Å². The third-order valence-electron chi connectivity index (χ3n) is 2.17. The Labute approximate surface area is 105 Å². The van der Waals surface area contributed by atoms with Crippen LogP contribution in [0.15, 0.2) is 0 Å². The molecule has 0 saturated heterocycles. The van der Waals surface area contributed by atoms with E-state index >= 15 is 0 Å². The van der Waals surface area contributed by atoms with Gasteiger partial charge in [0.2, 0.25) is 9.70 Å². The van der Waals surface area contributed by atoms with Gasteiger partial charge in [-0.15, -0.1) is 0 Å². The maximum absolute atomic E-state index is 11.6. The van der Waals surface area contributed by atoms with Gasteiger partial charge in [0.1, 0.15) is 0 Å². The van der Waals surface area contributed by atoms with Crippen LogP contribution in [0.4, 0.5) is 0 Å². The molecule has 2 atom stereocenters. The number of halogens is 3. The van der Waals surface area contributed by atoms with Gasteiger partial charge in [0.05, 0.1) is 0 Å². The molecule has 3 nitrogen and oxygen atoms in total. The Balaban J connectivity index is 4.35. The van der Waals surface area contributed by atoms with Crippen molar-refractivity contribution in [3.63, 3.8) is 0 Å². The van der Waals surface area contributed by atoms with Gasteiger partial charge in [-0.2, -0.15) is 0 Å². The lowest BCUT2D eigenvalue weighted by atomic mass is 9.92. The minimum atomic E-state index is -1.90. The van der Waals surface area contributed by atoms with Crippen molar-refractivity contribution in [2.45, 2.75) is 37.2 Å². The van der Waals surface area contributed by atoms with Gasteiger partial charge < -0.3 is 10.4 Å². The molecule has 0 heterocycles. The van der Waals surface area contributed by atoms with Crippen LogP contribution >= 0.6 is 34.8 Å². The van der Waals surface area contributed by atoms with E-state index in [0.717, 1.165) is 0 Å². The Morgan fingerprint density at radius 3 is 2.13 bits per heavy atom. The van der Waals surface area contributed by atoms with E-state index < -0.39 is 10.0 Å². The first-order chi connectivity index (χ1) is 6.70. The highest BCUT2D eigenvalue weighted by molar-refractivity contribution is 6.68. The molecule has 0 spiro atoms. The van der Waals surface area contributed by atoms with Crippen LogP contribution in [0.5, 0.6) is 0 Å². The van der Waals surface area contributed by atoms with Gasteiger partial charge in [-0.05, 0) is 12.3 Å². The molecule has 0 radical (unpaired) electrons. The Morgan fingerprint density at radius 2 is 1.87 bits per heavy atom. The Kier molecular flexibility index (Phi) is 6.26. The second-order valence-corrected chi connectivity index (χ2v) is 6.08. The summed E-state index contributed by atoms with van der Waals surface area (Å²) in [5.41, 5.74) is 0. The predicted octanol–water partition coefficient (Wildman–Crippen LogP) is 2.47. The predicted molar refractivity (Wildman–Crippen MR) is 63.1 cm³/mol. The molecular formula is C9H16Cl3NO2. The van der Waals surface area contributed by atoms with Crippen molar-refractivity contribution in [2.75, 3.05) is 0 Å². The summed E-state index contributed by atoms with van der Waals surface area (Å²) >= 11 is 16.3. The van der Waals surface area contributed by atoms with Crippen molar-refractivity contribution >= 4 is 40.7 Å². The van der Waals surface area contributed by atoms with Crippen LogP contribution in [-0.2, 0) is 4.79 Å². The molecule has 0 aromatic rings. The summed E-state index contributed by atoms with van der Waals surface area (Å²) in [5.74, 6) is -0.309. The number of carbonyl (C=O) groups excluding carboxylic acids is 1. The summed E-state index contributed by atoms with van der Waals surface area (Å²) in [7, 11) is 0. The molecule has 0 aliphatic heterocycles. The quantitative estimate of drug-likeness (QED) is 0.612. The van der Waals surface area contributed by atoms with Crippen LogP contribution < -0.4 is 5.32 Å². The molecule has 0 bridgehead atoms. The zero-order chi connectivity index (χ0) is 12.2. The first-order valence-electron chi connectivity index (χ1n) is 4.75. The minimum Gasteiger partial charge on any atom is -0.369 e. The van der Waals surface area contributed by atoms with E-state index in [2.05, 4.69) is 5.32 Å². The Morgan fingerprint density at radius 1 is 1.40 bits per heavy atom. The van der Waals surface area contributed by atoms with Gasteiger partial charge in [0, 0.05) is 5.92 Å². The van der Waals surface area contributed by atoms with E-state index in [4.69, 9.17) is 34.8 Å². The van der Waals surface area contributed by atoms with Gasteiger partial charge in [-0.1, -0.05) is 55.6 Å². The van der Waals surface area contributed by atoms with Crippen LogP contribution in [0, 0.1) is 11.8 Å². The van der Waals surface area contributed by atoms with Crippen molar-refractivity contribution in [3.05, 3.63) is 0 Å². The number of hydrogen-bond acceptors (Lipinski definition) is 2. The van der Waals surface area contributed by atoms with Crippen molar-refractivity contribution in [1.82, 2.24) is 5.32 Å². The molecular weight excluding hydrogens is 260 g/mol. The fraction of sp³-hybridized carbons (Fsp3) is 0.889. The number of hydrogen-bond donors (Lipinski definition) is 2. The van der Waals surface area contributed by atoms with Crippen LogP contribution in [0.1, 0.15) is 27.2 Å². The third-order valence-corrected chi connectivity index (χ3v) is 2.79. The molecule has 0 rings (SSSR count). The first-order valence-corrected chi connectivity index (χ1v) is 5.88. The molecule has 0 aliphatic rings. The summed E-state index contributed by atoms with van der Waals surface area (Å²) in [4.78, 5) is 11.6. The Bertz CT molecular complexity index is 216. The first kappa shape index (κ1) is 15.3. The second-order valence-electron chi connectivity index (χ2n) is 3.71. The van der Waals surface area contributed by atoms with Gasteiger partial charge in [-0.3, -0.25) is 4.79 Å². The molecule has 90 valence electrons. The lowest BCUT2D eigenvalue weighted by molar-refractivity contribution is -0.129. The average Bonchev–Trinajstić information content (AvgIpc) is 2.02. The van der Waals surface area contributed by atoms with E-state index in [0.29, 0.717) is 6.42 Å². The lowest BCUT2D eigenvalue weighted by Crippen LogP contribution is -2.46. The SMILES string of the molecule is CCC(C(=O)NC(O)C(Cl)(Cl)Cl)C(C)C. The number of carbonyl (C=O) groups is 1. The fourth-order valence-corrected chi connectivity index (χ4v) is 1.45. The van der Waals surface area contributed by atoms with Crippen LogP contribution in [0.2, 0.25) is 0 Å². The summed E-state index contributed by atoms with van der Waals surface area (Å²) in [5, 5.41) is 11.6. The molecule has 0 saturated carbocycles. The van der Waals surface area contributed by atoms with Crippen LogP contribution in [-0.4, -0.2) is 21.0 Å². The fourth-order valence-electron chi connectivity index (χ4n) is 1.28. The number of alkyl halides is 3. The molecule has 6 heteroatoms. The Hall–Kier alpha value is 0.300. The largest absolute Gasteiger partial charge is 0.369 e. The van der Waals surface area contributed by atoms with Crippen molar-refractivity contribution in [2.24, 2.45) is 11.8 Å². The normalized spacial score (nSPS) is 16.3. The molecule has 0 aliphatic carbocycles. The summed E-state index contributed by atoms with van der Waals surface area (Å²) < 4.78 is -1.90. The van der Waals surface area contributed by atoms with Crippen molar-refractivity contribution in [1.29, 1.82) is 0 Å². The van der Waals surface area contributed by atoms with Gasteiger partial charge in [0.15, 0.2) is 6.23 Å². The average molecular weight is 277 g/mol. The van der Waals surface area contributed by atoms with Gasteiger partial charge >= 0.3 is 0 Å². The molecule has 2 N–H and O–H groups in total. The van der Waals surface area contributed by atoms with E-state index in [9.17, 15) is 9.90 Å². The highest BCUT2D eigenvalue weighted by Gasteiger charge is 2.33. The lowest BCUT2D eigenvalue weighted by Gasteiger charge is -2.24. The topological polar surface area (TPSA) is 49.3 Å². The van der Waals surface area contributed by atoms with Crippen molar-refractivity contribution in [3.8, 4) is 0 Å². The molecule has 2 unspecified atom stereocenters. The van der Waals surface area contributed by atoms with Gasteiger partial charge in [-0.25, -0.2) is 0 Å². The van der Waals surface area contributed by atoms with E-state index in [1.54, 1.807) is 0 Å². The monoisotopic (exact) mass is 275 g/mol. The molecule has 0 aromatic carbocycles. The maximum Gasteiger partial charge on any atom is 0.234 e. The number of aliphatic hydroxyl groups is 1. The van der Waals surface area contributed by atoms with Crippen LogP contribution in [0.25, 0.3) is 0 Å². The number of amides is 1. The summed E-state index contributed by atoms with van der Waals surface area (Å²) in [6, 6.07) is 0. The van der Waals surface area contributed by atoms with E-state index in [1.807, 2.05) is 20.8 Å². The molecule has 1 amide bonds. The molecule has 15 heavy (non-hydrogen) atoms. The zero-order valence-electron chi connectivity index (χ0n) is 8.93. The molecule has 0 aromatic heterocycles. The summed E-state index contributed by atoms with van der Waals surface area (Å²) in [6.07, 6.45) is -0.807. The molecule has 0 fully saturated rings. The van der Waals surface area contributed by atoms with Crippen molar-refractivity contribution < 1.29 is 9.90 Å². The van der Waals surface area contributed by atoms with Crippen LogP contribution in [0.3, 0.4) is 0 Å². The van der Waals surface area contributed by atoms with E-state index in [1.165, 1.54) is 0 Å². The second kappa shape index (κ2) is 6.14. The highest BCUT2D eigenvalue weighted by atomic mass is 35.6. The zero-order valence-corrected chi connectivity index (χ0v) is 11.2. The maximum atomic E-state index is 11.6. The highest BCUT2D eigenvalue weighted by Crippen LogP contribution is 2.29. The summed E-state index contributed by atoms with van der Waals surface area (Å²) in [6.45, 7) is 5.75.